The van der Waals surface area contributed by atoms with E-state index in [2.05, 4.69) is 22.2 Å². The zero-order chi connectivity index (χ0) is 10.7. The normalized spacial score (nSPS) is 25.4. The van der Waals surface area contributed by atoms with Crippen LogP contribution in [-0.4, -0.2) is 28.7 Å². The van der Waals surface area contributed by atoms with Crippen LogP contribution in [0.1, 0.15) is 19.8 Å². The van der Waals surface area contributed by atoms with Crippen LogP contribution in [0.15, 0.2) is 12.3 Å². The Labute approximate surface area is 89.1 Å². The van der Waals surface area contributed by atoms with Gasteiger partial charge in [0.1, 0.15) is 5.82 Å². The molecule has 5 heteroatoms. The number of rotatable bonds is 3. The summed E-state index contributed by atoms with van der Waals surface area (Å²) < 4.78 is 5.66. The van der Waals surface area contributed by atoms with Crippen LogP contribution in [-0.2, 0) is 4.74 Å². The highest BCUT2D eigenvalue weighted by Gasteiger charge is 2.29. The van der Waals surface area contributed by atoms with E-state index in [4.69, 9.17) is 10.5 Å². The summed E-state index contributed by atoms with van der Waals surface area (Å²) in [4.78, 5) is 7.90. The predicted octanol–water partition coefficient (Wildman–Crippen LogP) is 1.04. The van der Waals surface area contributed by atoms with Crippen molar-refractivity contribution in [3.8, 4) is 0 Å². The number of nitrogens with zero attached hydrogens (tertiary/aromatic N) is 2. The van der Waals surface area contributed by atoms with Crippen molar-refractivity contribution in [2.24, 2.45) is 0 Å². The van der Waals surface area contributed by atoms with Crippen molar-refractivity contribution in [1.29, 1.82) is 0 Å². The maximum Gasteiger partial charge on any atom is 0.221 e. The van der Waals surface area contributed by atoms with Crippen molar-refractivity contribution in [3.05, 3.63) is 12.3 Å². The largest absolute Gasteiger partial charge is 0.373 e. The fourth-order valence-corrected chi connectivity index (χ4v) is 1.73. The Morgan fingerprint density at radius 3 is 3.20 bits per heavy atom. The Bertz CT molecular complexity index is 336. The summed E-state index contributed by atoms with van der Waals surface area (Å²) in [5.74, 6) is 1.04. The van der Waals surface area contributed by atoms with Gasteiger partial charge in [0.05, 0.1) is 5.60 Å². The van der Waals surface area contributed by atoms with Crippen LogP contribution in [0, 0.1) is 0 Å². The van der Waals surface area contributed by atoms with E-state index in [1.165, 1.54) is 0 Å². The number of ether oxygens (including phenoxy) is 1. The van der Waals surface area contributed by atoms with Crippen LogP contribution < -0.4 is 11.1 Å². The first-order valence-electron chi connectivity index (χ1n) is 5.14. The molecule has 82 valence electrons. The Kier molecular flexibility index (Phi) is 2.73. The summed E-state index contributed by atoms with van der Waals surface area (Å²) in [5.41, 5.74) is 5.41. The molecule has 0 spiro atoms. The average molecular weight is 208 g/mol. The van der Waals surface area contributed by atoms with Crippen molar-refractivity contribution in [1.82, 2.24) is 9.97 Å². The molecule has 0 radical (unpaired) electrons. The summed E-state index contributed by atoms with van der Waals surface area (Å²) in [6.07, 6.45) is 3.85. The molecule has 2 rings (SSSR count). The summed E-state index contributed by atoms with van der Waals surface area (Å²) in [6, 6.07) is 1.80. The third-order valence-electron chi connectivity index (χ3n) is 2.62. The summed E-state index contributed by atoms with van der Waals surface area (Å²) in [7, 11) is 0. The fourth-order valence-electron chi connectivity index (χ4n) is 1.73. The quantitative estimate of drug-likeness (QED) is 0.776. The molecule has 1 saturated heterocycles. The lowest BCUT2D eigenvalue weighted by atomic mass is 10.0. The Morgan fingerprint density at radius 1 is 1.67 bits per heavy atom. The third-order valence-corrected chi connectivity index (χ3v) is 2.62. The molecule has 3 N–H and O–H groups in total. The number of hydrogen-bond acceptors (Lipinski definition) is 5. The van der Waals surface area contributed by atoms with Gasteiger partial charge in [0, 0.05) is 19.3 Å². The van der Waals surface area contributed by atoms with Gasteiger partial charge >= 0.3 is 0 Å². The summed E-state index contributed by atoms with van der Waals surface area (Å²) in [5, 5.41) is 3.21. The molecule has 1 atom stereocenters. The zero-order valence-corrected chi connectivity index (χ0v) is 8.86. The van der Waals surface area contributed by atoms with E-state index in [9.17, 15) is 0 Å². The second kappa shape index (κ2) is 4.02. The van der Waals surface area contributed by atoms with E-state index in [-0.39, 0.29) is 11.5 Å². The number of nitrogens with one attached hydrogen (secondary N) is 1. The molecule has 0 bridgehead atoms. The molecule has 1 aliphatic rings. The highest BCUT2D eigenvalue weighted by atomic mass is 16.5. The van der Waals surface area contributed by atoms with Gasteiger partial charge < -0.3 is 15.8 Å². The van der Waals surface area contributed by atoms with E-state index in [0.717, 1.165) is 31.8 Å². The van der Waals surface area contributed by atoms with Gasteiger partial charge in [-0.15, -0.1) is 0 Å². The lowest BCUT2D eigenvalue weighted by Gasteiger charge is -2.23. The smallest absolute Gasteiger partial charge is 0.221 e. The van der Waals surface area contributed by atoms with Crippen LogP contribution in [0.4, 0.5) is 11.8 Å². The number of anilines is 2. The van der Waals surface area contributed by atoms with Crippen molar-refractivity contribution >= 4 is 11.8 Å². The van der Waals surface area contributed by atoms with Gasteiger partial charge in [-0.05, 0) is 25.8 Å². The number of hydrogen-bond donors (Lipinski definition) is 2. The minimum Gasteiger partial charge on any atom is -0.373 e. The van der Waals surface area contributed by atoms with Crippen molar-refractivity contribution < 1.29 is 4.74 Å². The molecular weight excluding hydrogens is 192 g/mol. The summed E-state index contributed by atoms with van der Waals surface area (Å²) >= 11 is 0. The highest BCUT2D eigenvalue weighted by molar-refractivity contribution is 5.37. The van der Waals surface area contributed by atoms with E-state index >= 15 is 0 Å². The minimum atomic E-state index is -0.0697. The second-order valence-electron chi connectivity index (χ2n) is 4.06. The van der Waals surface area contributed by atoms with Crippen LogP contribution >= 0.6 is 0 Å². The van der Waals surface area contributed by atoms with Gasteiger partial charge in [0.25, 0.3) is 0 Å². The monoisotopic (exact) mass is 208 g/mol. The molecule has 0 aromatic carbocycles. The van der Waals surface area contributed by atoms with Crippen LogP contribution in [0.25, 0.3) is 0 Å². The predicted molar refractivity (Wildman–Crippen MR) is 58.5 cm³/mol. The van der Waals surface area contributed by atoms with Gasteiger partial charge in [-0.1, -0.05) is 0 Å². The maximum atomic E-state index is 5.66. The number of nitrogen functional groups attached to an aromatic ring is 1. The molecule has 1 aromatic heterocycles. The van der Waals surface area contributed by atoms with Gasteiger partial charge in [0.2, 0.25) is 5.95 Å². The van der Waals surface area contributed by atoms with E-state index in [1.807, 2.05) is 0 Å². The molecule has 1 unspecified atom stereocenters. The molecule has 1 aliphatic heterocycles. The Balaban J connectivity index is 1.92. The standard InChI is InChI=1S/C10H16N4O/c1-10(4-2-6-15-10)7-13-8-3-5-12-9(11)14-8/h3,5H,2,4,6-7H2,1H3,(H3,11,12,13,14). The lowest BCUT2D eigenvalue weighted by molar-refractivity contribution is 0.0315. The molecule has 0 amide bonds. The molecule has 5 nitrogen and oxygen atoms in total. The van der Waals surface area contributed by atoms with Crippen LogP contribution in [0.2, 0.25) is 0 Å². The first-order valence-corrected chi connectivity index (χ1v) is 5.14. The molecular formula is C10H16N4O. The molecule has 1 aromatic rings. The molecule has 1 fully saturated rings. The topological polar surface area (TPSA) is 73.1 Å². The molecule has 15 heavy (non-hydrogen) atoms. The van der Waals surface area contributed by atoms with E-state index < -0.39 is 0 Å². The van der Waals surface area contributed by atoms with Crippen molar-refractivity contribution in [3.63, 3.8) is 0 Å². The molecule has 0 aliphatic carbocycles. The average Bonchev–Trinajstić information content (AvgIpc) is 2.63. The fraction of sp³-hybridized carbons (Fsp3) is 0.600. The minimum absolute atomic E-state index is 0.0697. The number of nitrogens with two attached hydrogens (primary N) is 1. The Morgan fingerprint density at radius 2 is 2.53 bits per heavy atom. The van der Waals surface area contributed by atoms with Gasteiger partial charge in [-0.3, -0.25) is 0 Å². The van der Waals surface area contributed by atoms with Crippen molar-refractivity contribution in [2.75, 3.05) is 24.2 Å². The first-order chi connectivity index (χ1) is 7.18. The second-order valence-corrected chi connectivity index (χ2v) is 4.06. The zero-order valence-electron chi connectivity index (χ0n) is 8.86. The van der Waals surface area contributed by atoms with E-state index in [0.29, 0.717) is 0 Å². The molecule has 2 heterocycles. The van der Waals surface area contributed by atoms with Gasteiger partial charge in [-0.25, -0.2) is 4.98 Å². The van der Waals surface area contributed by atoms with Crippen LogP contribution in [0.5, 0.6) is 0 Å². The van der Waals surface area contributed by atoms with E-state index in [1.54, 1.807) is 12.3 Å². The Hall–Kier alpha value is -1.36. The van der Waals surface area contributed by atoms with Crippen molar-refractivity contribution in [2.45, 2.75) is 25.4 Å². The van der Waals surface area contributed by atoms with Gasteiger partial charge in [-0.2, -0.15) is 4.98 Å². The number of aromatic nitrogens is 2. The third kappa shape index (κ3) is 2.56. The van der Waals surface area contributed by atoms with Gasteiger partial charge in [0.15, 0.2) is 0 Å². The maximum absolute atomic E-state index is 5.66. The first kappa shape index (κ1) is 10.2. The summed E-state index contributed by atoms with van der Waals surface area (Å²) in [6.45, 7) is 3.71. The molecule has 0 saturated carbocycles. The SMILES string of the molecule is CC1(CNc2ccnc(N)n2)CCCO1. The van der Waals surface area contributed by atoms with Crippen LogP contribution in [0.3, 0.4) is 0 Å². The lowest BCUT2D eigenvalue weighted by Crippen LogP contribution is -2.32. The highest BCUT2D eigenvalue weighted by Crippen LogP contribution is 2.24.